The number of hydrogen-bond acceptors (Lipinski definition) is 6. The second kappa shape index (κ2) is 6.60. The monoisotopic (exact) mass is 385 g/mol. The number of fused-ring (bicyclic) bond motifs is 1. The first-order valence-corrected chi connectivity index (χ1v) is 9.92. The van der Waals surface area contributed by atoms with E-state index in [1.54, 1.807) is 10.9 Å². The van der Waals surface area contributed by atoms with Gasteiger partial charge in [0, 0.05) is 36.2 Å². The molecule has 1 aliphatic carbocycles. The number of amides is 1. The van der Waals surface area contributed by atoms with E-state index in [1.807, 2.05) is 18.6 Å². The zero-order chi connectivity index (χ0) is 19.2. The summed E-state index contributed by atoms with van der Waals surface area (Å²) in [5, 5.41) is 13.5. The van der Waals surface area contributed by atoms with Crippen LogP contribution < -0.4 is 5.32 Å². The average Bonchev–Trinajstić information content (AvgIpc) is 3.32. The van der Waals surface area contributed by atoms with Gasteiger partial charge in [0.25, 0.3) is 5.91 Å². The van der Waals surface area contributed by atoms with E-state index in [9.17, 15) is 4.79 Å². The molecule has 27 heavy (non-hydrogen) atoms. The number of aromatic nitrogens is 4. The predicted octanol–water partition coefficient (Wildman–Crippen LogP) is 3.93. The van der Waals surface area contributed by atoms with Crippen LogP contribution in [0.15, 0.2) is 22.3 Å². The van der Waals surface area contributed by atoms with Crippen molar-refractivity contribution < 1.29 is 9.32 Å². The number of anilines is 1. The van der Waals surface area contributed by atoms with Gasteiger partial charge in [-0.3, -0.25) is 14.8 Å². The van der Waals surface area contributed by atoms with Crippen molar-refractivity contribution in [3.05, 3.63) is 34.8 Å². The number of thiazole rings is 1. The van der Waals surface area contributed by atoms with Gasteiger partial charge in [-0.1, -0.05) is 25.9 Å². The van der Waals surface area contributed by atoms with E-state index in [-0.39, 0.29) is 11.3 Å². The number of nitrogens with one attached hydrogen (secondary N) is 1. The molecule has 1 atom stereocenters. The van der Waals surface area contributed by atoms with Crippen LogP contribution in [0.5, 0.6) is 0 Å². The van der Waals surface area contributed by atoms with Crippen molar-refractivity contribution in [1.82, 2.24) is 19.9 Å². The van der Waals surface area contributed by atoms with Crippen molar-refractivity contribution in [2.45, 2.75) is 40.0 Å². The highest BCUT2D eigenvalue weighted by molar-refractivity contribution is 7.14. The van der Waals surface area contributed by atoms with Crippen molar-refractivity contribution in [3.8, 4) is 11.3 Å². The first-order valence-electron chi connectivity index (χ1n) is 9.04. The molecule has 142 valence electrons. The highest BCUT2D eigenvalue weighted by Crippen LogP contribution is 2.38. The van der Waals surface area contributed by atoms with Gasteiger partial charge in [-0.25, -0.2) is 4.98 Å². The number of carbonyl (C=O) groups is 1. The summed E-state index contributed by atoms with van der Waals surface area (Å²) < 4.78 is 7.17. The second-order valence-electron chi connectivity index (χ2n) is 8.13. The molecule has 3 aromatic rings. The predicted molar refractivity (Wildman–Crippen MR) is 104 cm³/mol. The van der Waals surface area contributed by atoms with Gasteiger partial charge in [-0.2, -0.15) is 5.10 Å². The fraction of sp³-hybridized carbons (Fsp3) is 0.474. The van der Waals surface area contributed by atoms with Crippen LogP contribution in [0.3, 0.4) is 0 Å². The average molecular weight is 385 g/mol. The summed E-state index contributed by atoms with van der Waals surface area (Å²) in [5.41, 5.74) is 3.23. The third-order valence-electron chi connectivity index (χ3n) is 5.21. The molecule has 3 aromatic heterocycles. The Morgan fingerprint density at radius 1 is 1.41 bits per heavy atom. The molecule has 0 radical (unpaired) electrons. The van der Waals surface area contributed by atoms with Crippen LogP contribution in [0.4, 0.5) is 5.13 Å². The zero-order valence-electron chi connectivity index (χ0n) is 15.9. The Bertz CT molecular complexity index is 979. The Morgan fingerprint density at radius 3 is 2.93 bits per heavy atom. The smallest absolute Gasteiger partial charge is 0.279 e. The lowest BCUT2D eigenvalue weighted by Crippen LogP contribution is -2.27. The largest absolute Gasteiger partial charge is 0.360 e. The van der Waals surface area contributed by atoms with Gasteiger partial charge in [-0.05, 0) is 24.2 Å². The normalized spacial score (nSPS) is 17.0. The van der Waals surface area contributed by atoms with Gasteiger partial charge in [0.1, 0.15) is 5.76 Å². The molecule has 0 aromatic carbocycles. The van der Waals surface area contributed by atoms with Crippen LogP contribution in [0.2, 0.25) is 0 Å². The maximum Gasteiger partial charge on any atom is 0.279 e. The number of nitrogens with zero attached hydrogens (tertiary/aromatic N) is 4. The summed E-state index contributed by atoms with van der Waals surface area (Å²) in [6, 6.07) is 0. The van der Waals surface area contributed by atoms with Crippen LogP contribution in [-0.2, 0) is 19.9 Å². The Balaban J connectivity index is 1.52. The van der Waals surface area contributed by atoms with Crippen molar-refractivity contribution in [2.75, 3.05) is 5.32 Å². The first-order chi connectivity index (χ1) is 12.8. The van der Waals surface area contributed by atoms with Gasteiger partial charge in [0.05, 0.1) is 11.9 Å². The van der Waals surface area contributed by atoms with Crippen LogP contribution in [0, 0.1) is 11.3 Å². The molecular weight excluding hydrogens is 362 g/mol. The number of rotatable bonds is 3. The number of aryl methyl sites for hydroxylation is 2. The summed E-state index contributed by atoms with van der Waals surface area (Å²) in [6.07, 6.45) is 6.36. The standard InChI is InChI=1S/C19H23N5O2S/c1-19(2,3)12-5-6-15-13(7-12)16(23-26-15)17(25)22-18-21-14(10-27-18)11-8-20-24(4)9-11/h8-10,12H,5-7H2,1-4H3,(H,21,22,25)/t12-/m0/s1. The summed E-state index contributed by atoms with van der Waals surface area (Å²) in [7, 11) is 1.86. The van der Waals surface area contributed by atoms with Crippen molar-refractivity contribution in [3.63, 3.8) is 0 Å². The van der Waals surface area contributed by atoms with Gasteiger partial charge < -0.3 is 4.52 Å². The van der Waals surface area contributed by atoms with E-state index < -0.39 is 0 Å². The highest BCUT2D eigenvalue weighted by Gasteiger charge is 2.34. The maximum atomic E-state index is 12.8. The van der Waals surface area contributed by atoms with Crippen molar-refractivity contribution in [1.29, 1.82) is 0 Å². The summed E-state index contributed by atoms with van der Waals surface area (Å²) in [4.78, 5) is 17.3. The van der Waals surface area contributed by atoms with Gasteiger partial charge in [0.15, 0.2) is 10.8 Å². The van der Waals surface area contributed by atoms with E-state index in [1.165, 1.54) is 11.3 Å². The lowest BCUT2D eigenvalue weighted by Gasteiger charge is -2.33. The highest BCUT2D eigenvalue weighted by atomic mass is 32.1. The minimum Gasteiger partial charge on any atom is -0.360 e. The first kappa shape index (κ1) is 17.9. The molecule has 0 spiro atoms. The van der Waals surface area contributed by atoms with Gasteiger partial charge in [0.2, 0.25) is 0 Å². The zero-order valence-corrected chi connectivity index (χ0v) is 16.8. The van der Waals surface area contributed by atoms with Crippen LogP contribution in [0.25, 0.3) is 11.3 Å². The lowest BCUT2D eigenvalue weighted by molar-refractivity contribution is 0.101. The SMILES string of the molecule is Cn1cc(-c2csc(NC(=O)c3noc4c3C[C@@H](C(C)(C)C)CC4)n2)cn1. The van der Waals surface area contributed by atoms with Gasteiger partial charge >= 0.3 is 0 Å². The van der Waals surface area contributed by atoms with E-state index in [4.69, 9.17) is 4.52 Å². The number of carbonyl (C=O) groups excluding carboxylic acids is 1. The van der Waals surface area contributed by atoms with Crippen molar-refractivity contribution in [2.24, 2.45) is 18.4 Å². The third-order valence-corrected chi connectivity index (χ3v) is 5.96. The molecule has 3 heterocycles. The van der Waals surface area contributed by atoms with Crippen LogP contribution in [-0.4, -0.2) is 25.8 Å². The third kappa shape index (κ3) is 3.53. The maximum absolute atomic E-state index is 12.8. The molecule has 0 saturated carbocycles. The molecule has 7 nitrogen and oxygen atoms in total. The molecule has 0 bridgehead atoms. The Labute approximate surface area is 161 Å². The Hall–Kier alpha value is -2.48. The molecular formula is C19H23N5O2S. The van der Waals surface area contributed by atoms with Gasteiger partial charge in [-0.15, -0.1) is 11.3 Å². The van der Waals surface area contributed by atoms with E-state index in [2.05, 4.69) is 41.3 Å². The summed E-state index contributed by atoms with van der Waals surface area (Å²) in [6.45, 7) is 6.72. The Kier molecular flexibility index (Phi) is 4.38. The summed E-state index contributed by atoms with van der Waals surface area (Å²) in [5.74, 6) is 1.09. The molecule has 0 unspecified atom stereocenters. The lowest BCUT2D eigenvalue weighted by atomic mass is 9.71. The number of hydrogen-bond donors (Lipinski definition) is 1. The molecule has 0 fully saturated rings. The van der Waals surface area contributed by atoms with Crippen LogP contribution in [0.1, 0.15) is 49.0 Å². The quantitative estimate of drug-likeness (QED) is 0.738. The fourth-order valence-corrected chi connectivity index (χ4v) is 4.21. The minimum atomic E-state index is -0.262. The second-order valence-corrected chi connectivity index (χ2v) is 8.99. The van der Waals surface area contributed by atoms with E-state index in [0.29, 0.717) is 16.7 Å². The van der Waals surface area contributed by atoms with Crippen molar-refractivity contribution >= 4 is 22.4 Å². The Morgan fingerprint density at radius 2 is 2.22 bits per heavy atom. The molecule has 8 heteroatoms. The summed E-state index contributed by atoms with van der Waals surface area (Å²) >= 11 is 1.38. The molecule has 1 amide bonds. The van der Waals surface area contributed by atoms with E-state index >= 15 is 0 Å². The molecule has 1 N–H and O–H groups in total. The fourth-order valence-electron chi connectivity index (χ4n) is 3.50. The molecule has 1 aliphatic rings. The molecule has 0 aliphatic heterocycles. The minimum absolute atomic E-state index is 0.191. The van der Waals surface area contributed by atoms with Crippen LogP contribution >= 0.6 is 11.3 Å². The molecule has 0 saturated heterocycles. The molecule has 4 rings (SSSR count). The van der Waals surface area contributed by atoms with E-state index in [0.717, 1.165) is 41.8 Å². The topological polar surface area (TPSA) is 85.8 Å².